The number of aromatic amines is 1. The van der Waals surface area contributed by atoms with Gasteiger partial charge in [-0.05, 0) is 55.9 Å². The number of rotatable bonds is 5. The van der Waals surface area contributed by atoms with Crippen LogP contribution in [-0.4, -0.2) is 65.4 Å². The van der Waals surface area contributed by atoms with Crippen molar-refractivity contribution in [2.75, 3.05) is 30.9 Å². The van der Waals surface area contributed by atoms with Crippen molar-refractivity contribution in [3.05, 3.63) is 30.1 Å². The van der Waals surface area contributed by atoms with Gasteiger partial charge in [0, 0.05) is 38.4 Å². The molecular weight excluding hydrogens is 499 g/mol. The summed E-state index contributed by atoms with van der Waals surface area (Å²) in [6.07, 6.45) is 6.33. The Morgan fingerprint density at radius 1 is 1.15 bits per heavy atom. The predicted molar refractivity (Wildman–Crippen MR) is 138 cm³/mol. The molecular formula is C21H30Cl2N8O2S. The van der Waals surface area contributed by atoms with Crippen LogP contribution >= 0.6 is 24.8 Å². The highest BCUT2D eigenvalue weighted by Crippen LogP contribution is 2.38. The van der Waals surface area contributed by atoms with Crippen molar-refractivity contribution in [2.45, 2.75) is 49.1 Å². The minimum absolute atomic E-state index is 0. The average molecular weight is 529 g/mol. The summed E-state index contributed by atoms with van der Waals surface area (Å²) in [5.41, 5.74) is 9.33. The zero-order chi connectivity index (χ0) is 22.5. The summed E-state index contributed by atoms with van der Waals surface area (Å²) in [6.45, 7) is 0.692. The van der Waals surface area contributed by atoms with Crippen LogP contribution in [0.1, 0.15) is 31.2 Å². The highest BCUT2D eigenvalue weighted by molar-refractivity contribution is 7.89. The van der Waals surface area contributed by atoms with E-state index in [9.17, 15) is 8.42 Å². The van der Waals surface area contributed by atoms with E-state index in [-0.39, 0.29) is 30.9 Å². The van der Waals surface area contributed by atoms with Crippen LogP contribution < -0.4 is 16.0 Å². The topological polar surface area (TPSA) is 133 Å². The molecule has 3 aromatic rings. The summed E-state index contributed by atoms with van der Waals surface area (Å²) in [4.78, 5) is 19.4. The molecule has 0 radical (unpaired) electrons. The molecule has 1 saturated carbocycles. The molecule has 1 aromatic carbocycles. The van der Waals surface area contributed by atoms with E-state index in [1.807, 2.05) is 6.07 Å². The number of nitrogens with two attached hydrogens (primary N) is 1. The van der Waals surface area contributed by atoms with E-state index in [1.54, 1.807) is 32.6 Å². The first kappa shape index (κ1) is 26.4. The maximum absolute atomic E-state index is 12.5. The van der Waals surface area contributed by atoms with Crippen molar-refractivity contribution in [1.82, 2.24) is 24.2 Å². The number of halogens is 2. The molecule has 0 amide bonds. The molecule has 186 valence electrons. The molecule has 1 fully saturated rings. The summed E-state index contributed by atoms with van der Waals surface area (Å²) < 4.78 is 26.3. The zero-order valence-corrected chi connectivity index (χ0v) is 21.5. The van der Waals surface area contributed by atoms with Crippen LogP contribution in [0.3, 0.4) is 0 Å². The van der Waals surface area contributed by atoms with Gasteiger partial charge < -0.3 is 20.9 Å². The van der Waals surface area contributed by atoms with Gasteiger partial charge in [-0.3, -0.25) is 0 Å². The highest BCUT2D eigenvalue weighted by atomic mass is 35.5. The molecule has 3 heterocycles. The van der Waals surface area contributed by atoms with E-state index in [0.717, 1.165) is 43.4 Å². The summed E-state index contributed by atoms with van der Waals surface area (Å²) in [5, 5.41) is 3.48. The lowest BCUT2D eigenvalue weighted by molar-refractivity contribution is 0.410. The van der Waals surface area contributed by atoms with Gasteiger partial charge in [0.1, 0.15) is 0 Å². The molecule has 0 saturated heterocycles. The van der Waals surface area contributed by atoms with E-state index in [1.165, 1.54) is 4.31 Å². The fourth-order valence-corrected chi connectivity index (χ4v) is 5.44. The van der Waals surface area contributed by atoms with Crippen molar-refractivity contribution in [2.24, 2.45) is 5.73 Å². The van der Waals surface area contributed by atoms with Crippen molar-refractivity contribution >= 4 is 63.5 Å². The lowest BCUT2D eigenvalue weighted by Crippen LogP contribution is -2.33. The first-order valence-electron chi connectivity index (χ1n) is 10.9. The number of anilines is 3. The van der Waals surface area contributed by atoms with Crippen LogP contribution in [0, 0.1) is 0 Å². The third-order valence-electron chi connectivity index (χ3n) is 6.35. The zero-order valence-electron chi connectivity index (χ0n) is 19.1. The van der Waals surface area contributed by atoms with Crippen molar-refractivity contribution in [1.29, 1.82) is 0 Å². The van der Waals surface area contributed by atoms with Crippen LogP contribution in [0.25, 0.3) is 11.2 Å². The second-order valence-electron chi connectivity index (χ2n) is 8.71. The normalized spacial score (nSPS) is 20.1. The van der Waals surface area contributed by atoms with Gasteiger partial charge in [-0.15, -0.1) is 24.8 Å². The van der Waals surface area contributed by atoms with Gasteiger partial charge in [-0.25, -0.2) is 17.7 Å². The van der Waals surface area contributed by atoms with Crippen molar-refractivity contribution in [3.8, 4) is 0 Å². The molecule has 0 atom stereocenters. The van der Waals surface area contributed by atoms with Gasteiger partial charge in [0.15, 0.2) is 17.0 Å². The number of aromatic nitrogens is 4. The molecule has 1 aliphatic heterocycles. The van der Waals surface area contributed by atoms with Crippen LogP contribution in [0.2, 0.25) is 0 Å². The number of fused-ring (bicyclic) bond motifs is 2. The minimum atomic E-state index is -3.48. The Morgan fingerprint density at radius 3 is 2.59 bits per heavy atom. The van der Waals surface area contributed by atoms with Crippen molar-refractivity contribution in [3.63, 3.8) is 0 Å². The Bertz CT molecular complexity index is 1260. The van der Waals surface area contributed by atoms with E-state index < -0.39 is 10.0 Å². The molecule has 13 heteroatoms. The SMILES string of the molecule is CN(C)S(=O)(=O)c1ccc2c(c1)CCN2c1nc(N[C@H]2CC[C@H](N)CC2)nc2[nH]cnc12.Cl.Cl. The summed E-state index contributed by atoms with van der Waals surface area (Å²) in [6, 6.07) is 5.85. The second kappa shape index (κ2) is 10.2. The fourth-order valence-electron chi connectivity index (χ4n) is 4.49. The van der Waals surface area contributed by atoms with Gasteiger partial charge in [-0.1, -0.05) is 0 Å². The fraction of sp³-hybridized carbons (Fsp3) is 0.476. The number of H-pyrrole nitrogens is 1. The number of hydrogen-bond acceptors (Lipinski definition) is 8. The number of imidazole rings is 1. The number of hydrogen-bond donors (Lipinski definition) is 3. The Balaban J connectivity index is 0.00000162. The summed E-state index contributed by atoms with van der Waals surface area (Å²) >= 11 is 0. The third kappa shape index (κ3) is 4.80. The Kier molecular flexibility index (Phi) is 7.93. The average Bonchev–Trinajstić information content (AvgIpc) is 3.41. The van der Waals surface area contributed by atoms with Crippen LogP contribution in [0.4, 0.5) is 17.5 Å². The quantitative estimate of drug-likeness (QED) is 0.460. The van der Waals surface area contributed by atoms with E-state index in [4.69, 9.17) is 10.7 Å². The molecule has 0 bridgehead atoms. The number of sulfonamides is 1. The highest BCUT2D eigenvalue weighted by Gasteiger charge is 2.28. The van der Waals surface area contributed by atoms with E-state index in [0.29, 0.717) is 40.4 Å². The molecule has 2 aliphatic rings. The van der Waals surface area contributed by atoms with Gasteiger partial charge in [0.2, 0.25) is 16.0 Å². The lowest BCUT2D eigenvalue weighted by Gasteiger charge is -2.27. The lowest BCUT2D eigenvalue weighted by atomic mass is 9.92. The molecule has 34 heavy (non-hydrogen) atoms. The first-order valence-corrected chi connectivity index (χ1v) is 12.3. The monoisotopic (exact) mass is 528 g/mol. The second-order valence-corrected chi connectivity index (χ2v) is 10.9. The molecule has 0 spiro atoms. The maximum atomic E-state index is 12.5. The van der Waals surface area contributed by atoms with Gasteiger partial charge in [-0.2, -0.15) is 9.97 Å². The predicted octanol–water partition coefficient (Wildman–Crippen LogP) is 2.82. The number of benzene rings is 1. The first-order chi connectivity index (χ1) is 15.3. The molecule has 2 aromatic heterocycles. The molecule has 4 N–H and O–H groups in total. The van der Waals surface area contributed by atoms with Crippen LogP contribution in [0.15, 0.2) is 29.4 Å². The molecule has 10 nitrogen and oxygen atoms in total. The van der Waals surface area contributed by atoms with Gasteiger partial charge in [0.05, 0.1) is 11.2 Å². The molecule has 1 aliphatic carbocycles. The Labute approximate surface area is 211 Å². The van der Waals surface area contributed by atoms with E-state index in [2.05, 4.69) is 25.2 Å². The van der Waals surface area contributed by atoms with Crippen molar-refractivity contribution < 1.29 is 8.42 Å². The molecule has 0 unspecified atom stereocenters. The number of nitrogens with zero attached hydrogens (tertiary/aromatic N) is 5. The van der Waals surface area contributed by atoms with Gasteiger partial charge in [0.25, 0.3) is 0 Å². The summed E-state index contributed by atoms with van der Waals surface area (Å²) in [5.74, 6) is 1.28. The standard InChI is InChI=1S/C21H28N8O2S.2ClH/c1-28(2)32(30,31)16-7-8-17-13(11-16)9-10-29(17)20-18-19(24-12-23-18)26-21(27-20)25-15-5-3-14(22)4-6-15;;/h7-8,11-12,14-15H,3-6,9-10,22H2,1-2H3,(H2,23,24,25,26,27);2*1H/t14-,15-;;. The maximum Gasteiger partial charge on any atom is 0.242 e. The van der Waals surface area contributed by atoms with Crippen LogP contribution in [0.5, 0.6) is 0 Å². The Morgan fingerprint density at radius 2 is 1.88 bits per heavy atom. The molecule has 5 rings (SSSR count). The largest absolute Gasteiger partial charge is 0.351 e. The Hall–Kier alpha value is -2.18. The summed E-state index contributed by atoms with van der Waals surface area (Å²) in [7, 11) is -0.400. The van der Waals surface area contributed by atoms with E-state index >= 15 is 0 Å². The smallest absolute Gasteiger partial charge is 0.242 e. The minimum Gasteiger partial charge on any atom is -0.351 e. The van der Waals surface area contributed by atoms with Crippen LogP contribution in [-0.2, 0) is 16.4 Å². The third-order valence-corrected chi connectivity index (χ3v) is 8.16. The van der Waals surface area contributed by atoms with Gasteiger partial charge >= 0.3 is 0 Å². The number of nitrogens with one attached hydrogen (secondary N) is 2.